The van der Waals surface area contributed by atoms with Crippen LogP contribution in [0.4, 0.5) is 0 Å². The molecule has 5 nitrogen and oxygen atoms in total. The number of nitrogens with one attached hydrogen (secondary N) is 1. The number of hydrogen-bond acceptors (Lipinski definition) is 3. The van der Waals surface area contributed by atoms with Gasteiger partial charge in [-0.1, -0.05) is 55.0 Å². The summed E-state index contributed by atoms with van der Waals surface area (Å²) in [5.41, 5.74) is 2.13. The molecule has 28 heavy (non-hydrogen) atoms. The highest BCUT2D eigenvalue weighted by molar-refractivity contribution is 5.88. The molecule has 0 bridgehead atoms. The fourth-order valence-electron chi connectivity index (χ4n) is 2.94. The fourth-order valence-corrected chi connectivity index (χ4v) is 2.94. The van der Waals surface area contributed by atoms with Crippen molar-refractivity contribution < 1.29 is 14.3 Å². The molecular formula is C23H30N2O3. The number of aryl methyl sites for hydroxylation is 1. The molecule has 1 unspecified atom stereocenters. The molecule has 0 aliphatic rings. The SMILES string of the molecule is CCC(C(=O)NC(C)C)N(Cc1ccc(C)cc1)C(=O)COc1ccccc1. The lowest BCUT2D eigenvalue weighted by Gasteiger charge is -2.31. The van der Waals surface area contributed by atoms with Crippen molar-refractivity contribution in [3.8, 4) is 5.75 Å². The van der Waals surface area contributed by atoms with Crippen molar-refractivity contribution in [1.29, 1.82) is 0 Å². The highest BCUT2D eigenvalue weighted by Crippen LogP contribution is 2.15. The molecule has 2 rings (SSSR count). The van der Waals surface area contributed by atoms with E-state index in [0.29, 0.717) is 18.7 Å². The summed E-state index contributed by atoms with van der Waals surface area (Å²) in [6.45, 7) is 8.01. The van der Waals surface area contributed by atoms with Crippen molar-refractivity contribution in [2.75, 3.05) is 6.61 Å². The first-order valence-electron chi connectivity index (χ1n) is 9.74. The van der Waals surface area contributed by atoms with Crippen molar-refractivity contribution in [2.45, 2.75) is 52.7 Å². The molecule has 0 spiro atoms. The van der Waals surface area contributed by atoms with E-state index >= 15 is 0 Å². The topological polar surface area (TPSA) is 58.6 Å². The number of benzene rings is 2. The van der Waals surface area contributed by atoms with Gasteiger partial charge in [-0.3, -0.25) is 9.59 Å². The molecule has 0 aromatic heterocycles. The van der Waals surface area contributed by atoms with Gasteiger partial charge in [0.2, 0.25) is 5.91 Å². The molecule has 2 aromatic rings. The second kappa shape index (κ2) is 10.5. The molecule has 1 atom stereocenters. The molecule has 5 heteroatoms. The Bertz CT molecular complexity index is 757. The Kier molecular flexibility index (Phi) is 8.05. The summed E-state index contributed by atoms with van der Waals surface area (Å²) in [5, 5.41) is 2.92. The minimum absolute atomic E-state index is 0.0124. The van der Waals surface area contributed by atoms with E-state index < -0.39 is 6.04 Å². The molecule has 0 radical (unpaired) electrons. The zero-order valence-electron chi connectivity index (χ0n) is 17.1. The minimum atomic E-state index is -0.546. The van der Waals surface area contributed by atoms with Crippen LogP contribution in [0.1, 0.15) is 38.3 Å². The van der Waals surface area contributed by atoms with Crippen LogP contribution in [0.15, 0.2) is 54.6 Å². The zero-order valence-corrected chi connectivity index (χ0v) is 17.1. The van der Waals surface area contributed by atoms with E-state index in [1.54, 1.807) is 17.0 Å². The molecule has 2 aromatic carbocycles. The summed E-state index contributed by atoms with van der Waals surface area (Å²) in [6, 6.07) is 16.7. The van der Waals surface area contributed by atoms with Crippen molar-refractivity contribution in [2.24, 2.45) is 0 Å². The summed E-state index contributed by atoms with van der Waals surface area (Å²) in [4.78, 5) is 27.3. The van der Waals surface area contributed by atoms with E-state index in [1.807, 2.05) is 70.2 Å². The number of ether oxygens (including phenoxy) is 1. The average molecular weight is 383 g/mol. The molecule has 0 saturated heterocycles. The summed E-state index contributed by atoms with van der Waals surface area (Å²) < 4.78 is 5.64. The van der Waals surface area contributed by atoms with Gasteiger partial charge < -0.3 is 15.0 Å². The fraction of sp³-hybridized carbons (Fsp3) is 0.391. The third kappa shape index (κ3) is 6.41. The Labute approximate surface area is 167 Å². The van der Waals surface area contributed by atoms with Crippen LogP contribution in [0.2, 0.25) is 0 Å². The van der Waals surface area contributed by atoms with Crippen molar-refractivity contribution in [1.82, 2.24) is 10.2 Å². The first-order valence-corrected chi connectivity index (χ1v) is 9.74. The predicted molar refractivity (Wildman–Crippen MR) is 111 cm³/mol. The standard InChI is InChI=1S/C23H30N2O3/c1-5-21(23(27)24-17(2)3)25(15-19-13-11-18(4)12-14-19)22(26)16-28-20-9-7-6-8-10-20/h6-14,17,21H,5,15-16H2,1-4H3,(H,24,27). The van der Waals surface area contributed by atoms with Gasteiger partial charge in [0.15, 0.2) is 6.61 Å². The van der Waals surface area contributed by atoms with Gasteiger partial charge in [0.1, 0.15) is 11.8 Å². The normalized spacial score (nSPS) is 11.8. The Morgan fingerprint density at radius 1 is 1.04 bits per heavy atom. The van der Waals surface area contributed by atoms with Crippen molar-refractivity contribution in [3.05, 3.63) is 65.7 Å². The smallest absolute Gasteiger partial charge is 0.261 e. The van der Waals surface area contributed by atoms with Gasteiger partial charge >= 0.3 is 0 Å². The van der Waals surface area contributed by atoms with Gasteiger partial charge in [0.05, 0.1) is 0 Å². The number of para-hydroxylation sites is 1. The lowest BCUT2D eigenvalue weighted by molar-refractivity contribution is -0.143. The van der Waals surface area contributed by atoms with Gasteiger partial charge in [-0.2, -0.15) is 0 Å². The summed E-state index contributed by atoms with van der Waals surface area (Å²) in [7, 11) is 0. The van der Waals surface area contributed by atoms with Crippen LogP contribution in [-0.4, -0.2) is 35.4 Å². The minimum Gasteiger partial charge on any atom is -0.484 e. The van der Waals surface area contributed by atoms with E-state index in [-0.39, 0.29) is 24.5 Å². The Morgan fingerprint density at radius 3 is 2.25 bits per heavy atom. The van der Waals surface area contributed by atoms with Crippen LogP contribution in [0.3, 0.4) is 0 Å². The first-order chi connectivity index (χ1) is 13.4. The lowest BCUT2D eigenvalue weighted by Crippen LogP contribution is -2.51. The van der Waals surface area contributed by atoms with Crippen molar-refractivity contribution >= 4 is 11.8 Å². The van der Waals surface area contributed by atoms with Crippen LogP contribution >= 0.6 is 0 Å². The van der Waals surface area contributed by atoms with E-state index in [1.165, 1.54) is 0 Å². The molecule has 150 valence electrons. The number of carbonyl (C=O) groups excluding carboxylic acids is 2. The first kappa shape index (κ1) is 21.5. The molecule has 0 fully saturated rings. The Hall–Kier alpha value is -2.82. The van der Waals surface area contributed by atoms with Gasteiger partial charge in [0, 0.05) is 12.6 Å². The summed E-state index contributed by atoms with van der Waals surface area (Å²) in [5.74, 6) is 0.277. The largest absolute Gasteiger partial charge is 0.484 e. The summed E-state index contributed by atoms with van der Waals surface area (Å²) >= 11 is 0. The van der Waals surface area contributed by atoms with Crippen LogP contribution in [-0.2, 0) is 16.1 Å². The molecule has 0 aliphatic heterocycles. The maximum atomic E-state index is 13.0. The second-order valence-electron chi connectivity index (χ2n) is 7.20. The van der Waals surface area contributed by atoms with Gasteiger partial charge in [-0.05, 0) is 44.9 Å². The monoisotopic (exact) mass is 382 g/mol. The number of hydrogen-bond donors (Lipinski definition) is 1. The lowest BCUT2D eigenvalue weighted by atomic mass is 10.1. The molecular weight excluding hydrogens is 352 g/mol. The van der Waals surface area contributed by atoms with Crippen LogP contribution < -0.4 is 10.1 Å². The van der Waals surface area contributed by atoms with Crippen molar-refractivity contribution in [3.63, 3.8) is 0 Å². The van der Waals surface area contributed by atoms with Crippen LogP contribution in [0, 0.1) is 6.92 Å². The number of rotatable bonds is 9. The van der Waals surface area contributed by atoms with Gasteiger partial charge in [0.25, 0.3) is 5.91 Å². The zero-order chi connectivity index (χ0) is 20.5. The molecule has 0 saturated carbocycles. The highest BCUT2D eigenvalue weighted by Gasteiger charge is 2.29. The maximum Gasteiger partial charge on any atom is 0.261 e. The van der Waals surface area contributed by atoms with E-state index in [0.717, 1.165) is 11.1 Å². The van der Waals surface area contributed by atoms with E-state index in [9.17, 15) is 9.59 Å². The Balaban J connectivity index is 2.18. The number of nitrogens with zero attached hydrogens (tertiary/aromatic N) is 1. The van der Waals surface area contributed by atoms with Crippen LogP contribution in [0.5, 0.6) is 5.75 Å². The molecule has 0 heterocycles. The molecule has 1 N–H and O–H groups in total. The third-order valence-electron chi connectivity index (χ3n) is 4.40. The quantitative estimate of drug-likeness (QED) is 0.719. The maximum absolute atomic E-state index is 13.0. The second-order valence-corrected chi connectivity index (χ2v) is 7.20. The van der Waals surface area contributed by atoms with Gasteiger partial charge in [-0.25, -0.2) is 0 Å². The average Bonchev–Trinajstić information content (AvgIpc) is 2.67. The molecule has 2 amide bonds. The predicted octanol–water partition coefficient (Wildman–Crippen LogP) is 3.71. The number of amides is 2. The number of carbonyl (C=O) groups is 2. The Morgan fingerprint density at radius 2 is 1.68 bits per heavy atom. The van der Waals surface area contributed by atoms with E-state index in [2.05, 4.69) is 5.32 Å². The molecule has 0 aliphatic carbocycles. The third-order valence-corrected chi connectivity index (χ3v) is 4.40. The highest BCUT2D eigenvalue weighted by atomic mass is 16.5. The summed E-state index contributed by atoms with van der Waals surface area (Å²) in [6.07, 6.45) is 0.529. The van der Waals surface area contributed by atoms with Gasteiger partial charge in [-0.15, -0.1) is 0 Å². The van der Waals surface area contributed by atoms with Crippen LogP contribution in [0.25, 0.3) is 0 Å². The van der Waals surface area contributed by atoms with E-state index in [4.69, 9.17) is 4.74 Å².